The van der Waals surface area contributed by atoms with E-state index < -0.39 is 29.8 Å². The van der Waals surface area contributed by atoms with Gasteiger partial charge in [-0.05, 0) is 24.2 Å². The summed E-state index contributed by atoms with van der Waals surface area (Å²) in [7, 11) is 0. The van der Waals surface area contributed by atoms with Gasteiger partial charge in [-0.3, -0.25) is 28.8 Å². The van der Waals surface area contributed by atoms with Crippen molar-refractivity contribution in [3.63, 3.8) is 0 Å². The van der Waals surface area contributed by atoms with Crippen LogP contribution in [0.3, 0.4) is 0 Å². The first-order chi connectivity index (χ1) is 29.5. The van der Waals surface area contributed by atoms with Gasteiger partial charge >= 0.3 is 11.9 Å². The average molecular weight is 890 g/mol. The van der Waals surface area contributed by atoms with Gasteiger partial charge < -0.3 is 55.7 Å². The molecule has 0 spiro atoms. The fourth-order valence-electron chi connectivity index (χ4n) is 5.67. The zero-order valence-corrected chi connectivity index (χ0v) is 37.3. The monoisotopic (exact) mass is 890 g/mol. The summed E-state index contributed by atoms with van der Waals surface area (Å²) in [5.41, 5.74) is 0.0666. The SMILES string of the molecule is C=C(CC(=O)NCCOCCOCC(=O)NCCOCCOCC(=O)NCCNC(=O)CSCC)[C@@H](NC(=O)CCCCCCCCCCCCCCCCC(=O)O)C(=O)O. The number of amides is 5. The highest BCUT2D eigenvalue weighted by Gasteiger charge is 2.24. The topological polar surface area (TPSA) is 257 Å². The van der Waals surface area contributed by atoms with E-state index in [2.05, 4.69) is 33.2 Å². The Morgan fingerprint density at radius 1 is 0.508 bits per heavy atom. The van der Waals surface area contributed by atoms with E-state index in [1.807, 2.05) is 6.92 Å². The number of hydrogen-bond acceptors (Lipinski definition) is 12. The van der Waals surface area contributed by atoms with Crippen molar-refractivity contribution < 1.29 is 62.7 Å². The van der Waals surface area contributed by atoms with Crippen LogP contribution in [0, 0.1) is 0 Å². The largest absolute Gasteiger partial charge is 0.481 e. The fourth-order valence-corrected chi connectivity index (χ4v) is 6.16. The summed E-state index contributed by atoms with van der Waals surface area (Å²) in [6.07, 6.45) is 15.1. The third-order valence-corrected chi connectivity index (χ3v) is 9.82. The molecule has 352 valence electrons. The smallest absolute Gasteiger partial charge is 0.330 e. The van der Waals surface area contributed by atoms with Crippen LogP contribution in [0.2, 0.25) is 0 Å². The molecule has 0 saturated heterocycles. The molecule has 0 unspecified atom stereocenters. The van der Waals surface area contributed by atoms with Crippen LogP contribution in [0.15, 0.2) is 12.2 Å². The lowest BCUT2D eigenvalue weighted by Crippen LogP contribution is -2.43. The van der Waals surface area contributed by atoms with Gasteiger partial charge in [-0.1, -0.05) is 90.6 Å². The fraction of sp³-hybridized carbons (Fsp3) is 0.786. The Balaban J connectivity index is 3.75. The lowest BCUT2D eigenvalue weighted by molar-refractivity contribution is -0.140. The van der Waals surface area contributed by atoms with Crippen LogP contribution < -0.4 is 26.6 Å². The number of carbonyl (C=O) groups is 7. The second-order valence-corrected chi connectivity index (χ2v) is 15.7. The van der Waals surface area contributed by atoms with Crippen molar-refractivity contribution in [1.82, 2.24) is 26.6 Å². The molecule has 0 saturated carbocycles. The molecule has 0 aromatic carbocycles. The van der Waals surface area contributed by atoms with Crippen LogP contribution in [0.5, 0.6) is 0 Å². The summed E-state index contributed by atoms with van der Waals surface area (Å²) in [6.45, 7) is 7.66. The van der Waals surface area contributed by atoms with Gasteiger partial charge in [0, 0.05) is 45.4 Å². The van der Waals surface area contributed by atoms with Crippen molar-refractivity contribution in [2.45, 2.75) is 122 Å². The van der Waals surface area contributed by atoms with E-state index in [0.29, 0.717) is 25.3 Å². The number of nitrogens with one attached hydrogen (secondary N) is 5. The third-order valence-electron chi connectivity index (χ3n) is 8.95. The van der Waals surface area contributed by atoms with Crippen LogP contribution in [0.4, 0.5) is 0 Å². The highest BCUT2D eigenvalue weighted by Crippen LogP contribution is 2.14. The van der Waals surface area contributed by atoms with Gasteiger partial charge in [-0.15, -0.1) is 0 Å². The summed E-state index contributed by atoms with van der Waals surface area (Å²) >= 11 is 1.52. The Hall–Kier alpha value is -3.78. The predicted octanol–water partition coefficient (Wildman–Crippen LogP) is 3.11. The molecule has 0 aliphatic rings. The maximum atomic E-state index is 12.4. The van der Waals surface area contributed by atoms with Gasteiger partial charge in [0.05, 0.1) is 45.4 Å². The number of carboxylic acid groups (broad SMARTS) is 2. The number of unbranched alkanes of at least 4 members (excludes halogenated alkanes) is 13. The average Bonchev–Trinajstić information content (AvgIpc) is 3.22. The second-order valence-electron chi connectivity index (χ2n) is 14.4. The highest BCUT2D eigenvalue weighted by atomic mass is 32.2. The first-order valence-electron chi connectivity index (χ1n) is 21.8. The lowest BCUT2D eigenvalue weighted by atomic mass is 10.0. The first kappa shape index (κ1) is 57.2. The molecule has 0 aromatic rings. The van der Waals surface area contributed by atoms with Gasteiger partial charge in [0.1, 0.15) is 19.3 Å². The van der Waals surface area contributed by atoms with E-state index in [1.165, 1.54) is 50.3 Å². The van der Waals surface area contributed by atoms with E-state index in [4.69, 9.17) is 24.1 Å². The Morgan fingerprint density at radius 2 is 0.918 bits per heavy atom. The Bertz CT molecular complexity index is 1240. The minimum absolute atomic E-state index is 0.0666. The molecule has 61 heavy (non-hydrogen) atoms. The zero-order valence-electron chi connectivity index (χ0n) is 36.5. The van der Waals surface area contributed by atoms with Crippen molar-refractivity contribution in [2.24, 2.45) is 0 Å². The van der Waals surface area contributed by atoms with Crippen LogP contribution in [-0.4, -0.2) is 148 Å². The molecule has 0 aliphatic heterocycles. The normalized spacial score (nSPS) is 11.4. The quantitative estimate of drug-likeness (QED) is 0.0343. The predicted molar refractivity (Wildman–Crippen MR) is 233 cm³/mol. The maximum absolute atomic E-state index is 12.4. The summed E-state index contributed by atoms with van der Waals surface area (Å²) in [6, 6.07) is -1.37. The van der Waals surface area contributed by atoms with E-state index in [0.717, 1.165) is 50.7 Å². The van der Waals surface area contributed by atoms with Gasteiger partial charge in [0.15, 0.2) is 0 Å². The summed E-state index contributed by atoms with van der Waals surface area (Å²) < 4.78 is 21.3. The van der Waals surface area contributed by atoms with Gasteiger partial charge in [0.25, 0.3) is 0 Å². The zero-order chi connectivity index (χ0) is 45.2. The number of carboxylic acids is 2. The van der Waals surface area contributed by atoms with Gasteiger partial charge in [-0.25, -0.2) is 4.79 Å². The van der Waals surface area contributed by atoms with E-state index in [-0.39, 0.29) is 109 Å². The molecule has 7 N–H and O–H groups in total. The summed E-state index contributed by atoms with van der Waals surface area (Å²) in [4.78, 5) is 82.2. The maximum Gasteiger partial charge on any atom is 0.330 e. The van der Waals surface area contributed by atoms with Crippen molar-refractivity contribution in [3.8, 4) is 0 Å². The number of thioether (sulfide) groups is 1. The molecule has 5 amide bonds. The number of aliphatic carboxylic acids is 2. The molecule has 0 aromatic heterocycles. The number of carbonyl (C=O) groups excluding carboxylic acids is 5. The third kappa shape index (κ3) is 40.1. The first-order valence-corrected chi connectivity index (χ1v) is 23.0. The van der Waals surface area contributed by atoms with Crippen LogP contribution in [-0.2, 0) is 52.5 Å². The minimum Gasteiger partial charge on any atom is -0.481 e. The van der Waals surface area contributed by atoms with Crippen LogP contribution in [0.25, 0.3) is 0 Å². The Morgan fingerprint density at radius 3 is 1.38 bits per heavy atom. The molecule has 0 radical (unpaired) electrons. The number of hydrogen-bond donors (Lipinski definition) is 7. The molecular weight excluding hydrogens is 815 g/mol. The summed E-state index contributed by atoms with van der Waals surface area (Å²) in [5, 5.41) is 31.4. The Kier molecular flexibility index (Phi) is 39.0. The standard InChI is InChI=1S/C42H75N5O13S/c1-3-61-33-39(52)44-21-20-43-37(50)31-59-28-27-58-25-23-46-38(51)32-60-29-26-57-24-22-45-36(49)30-34(2)41(42(55)56)47-35(48)18-16-14-12-10-8-6-4-5-7-9-11-13-15-17-19-40(53)54/h41H,2-33H2,1H3,(H,43,50)(H,44,52)(H,45,49)(H,46,51)(H,47,48)(H,53,54)(H,55,56)/t41-/m1/s1. The van der Waals surface area contributed by atoms with Crippen molar-refractivity contribution >= 4 is 53.2 Å². The Labute approximate surface area is 366 Å². The van der Waals surface area contributed by atoms with Gasteiger partial charge in [0.2, 0.25) is 29.5 Å². The van der Waals surface area contributed by atoms with E-state index >= 15 is 0 Å². The lowest BCUT2D eigenvalue weighted by Gasteiger charge is -2.17. The highest BCUT2D eigenvalue weighted by molar-refractivity contribution is 7.99. The van der Waals surface area contributed by atoms with Gasteiger partial charge in [-0.2, -0.15) is 11.8 Å². The molecular formula is C42H75N5O13S. The number of ether oxygens (including phenoxy) is 4. The molecule has 0 heterocycles. The van der Waals surface area contributed by atoms with Crippen LogP contribution in [0.1, 0.15) is 116 Å². The van der Waals surface area contributed by atoms with Crippen molar-refractivity contribution in [3.05, 3.63) is 12.2 Å². The molecule has 0 bridgehead atoms. The number of rotatable bonds is 44. The van der Waals surface area contributed by atoms with Crippen molar-refractivity contribution in [2.75, 3.05) is 90.5 Å². The second kappa shape index (κ2) is 41.6. The molecule has 0 rings (SSSR count). The molecule has 0 fully saturated rings. The molecule has 1 atom stereocenters. The summed E-state index contributed by atoms with van der Waals surface area (Å²) in [5.74, 6) is -2.29. The van der Waals surface area contributed by atoms with Crippen molar-refractivity contribution in [1.29, 1.82) is 0 Å². The van der Waals surface area contributed by atoms with E-state index in [9.17, 15) is 38.7 Å². The molecule has 19 heteroatoms. The minimum atomic E-state index is -1.37. The van der Waals surface area contributed by atoms with E-state index in [1.54, 1.807) is 0 Å². The molecule has 0 aliphatic carbocycles. The van der Waals surface area contributed by atoms with Crippen LogP contribution >= 0.6 is 11.8 Å². The molecule has 18 nitrogen and oxygen atoms in total.